The Morgan fingerprint density at radius 2 is 0.715 bits per heavy atom. The third-order valence-electron chi connectivity index (χ3n) is 23.3. The zero-order chi connectivity index (χ0) is 105. The average molecular weight is 2200 g/mol. The van der Waals surface area contributed by atoms with Gasteiger partial charge in [0.25, 0.3) is 16.7 Å². The van der Waals surface area contributed by atoms with E-state index < -0.39 is 268 Å². The summed E-state index contributed by atoms with van der Waals surface area (Å²) in [5, 5.41) is 11.8. The number of phosphoric acid groups is 2. The summed E-state index contributed by atoms with van der Waals surface area (Å²) in [5.74, 6) is -0.911. The second-order valence-corrected chi connectivity index (χ2v) is 44.4. The van der Waals surface area contributed by atoms with E-state index in [0.717, 1.165) is 39.9 Å². The third-order valence-corrected chi connectivity index (χ3v) is 29.9. The number of rotatable bonds is 52. The number of aliphatic hydroxyl groups excluding tert-OH is 1. The van der Waals surface area contributed by atoms with E-state index in [2.05, 4.69) is 39.9 Å². The van der Waals surface area contributed by atoms with Gasteiger partial charge < -0.3 is 146 Å². The van der Waals surface area contributed by atoms with Crippen molar-refractivity contribution in [1.82, 2.24) is 67.3 Å². The lowest BCUT2D eigenvalue weighted by Gasteiger charge is -2.30. The van der Waals surface area contributed by atoms with Crippen molar-refractivity contribution in [1.29, 1.82) is 0 Å². The summed E-state index contributed by atoms with van der Waals surface area (Å²) >= 11 is 17.0. The van der Waals surface area contributed by atoms with Gasteiger partial charge in [-0.3, -0.25) is 83.9 Å². The van der Waals surface area contributed by atoms with Crippen LogP contribution in [0, 0.1) is 34.6 Å². The largest absolute Gasteiger partial charge is 0.472 e. The van der Waals surface area contributed by atoms with Crippen molar-refractivity contribution in [2.75, 3.05) is 158 Å². The maximum Gasteiger partial charge on any atom is 0.472 e. The molecule has 60 nitrogen and oxygen atoms in total. The van der Waals surface area contributed by atoms with Crippen molar-refractivity contribution < 1.29 is 160 Å². The molecule has 17 N–H and O–H groups in total. The van der Waals surface area contributed by atoms with Crippen LogP contribution in [-0.4, -0.2) is 335 Å². The van der Waals surface area contributed by atoms with Gasteiger partial charge in [0.05, 0.1) is 118 Å². The van der Waals surface area contributed by atoms with Crippen LogP contribution in [0.1, 0.15) is 85.0 Å². The normalized spacial score (nSPS) is 29.2. The van der Waals surface area contributed by atoms with E-state index in [4.69, 9.17) is 179 Å². The van der Waals surface area contributed by atoms with Gasteiger partial charge in [-0.1, -0.05) is 6.92 Å². The van der Waals surface area contributed by atoms with Crippen molar-refractivity contribution in [2.24, 2.45) is 0 Å². The molecule has 6 saturated heterocycles. The van der Waals surface area contributed by atoms with Gasteiger partial charge in [-0.15, -0.1) is 0 Å². The molecule has 7 aromatic rings. The summed E-state index contributed by atoms with van der Waals surface area (Å²) in [6.07, 6.45) is -30.7. The van der Waals surface area contributed by atoms with Gasteiger partial charge in [-0.2, -0.15) is 19.9 Å². The molecular formula is C76H113N18O42P5S3. The van der Waals surface area contributed by atoms with E-state index in [1.54, 1.807) is 13.8 Å². The maximum absolute atomic E-state index is 15.4. The number of imidazole rings is 1. The summed E-state index contributed by atoms with van der Waals surface area (Å²) in [7, 11) is -5.21. The number of hydrogen-bond acceptors (Lipinski definition) is 49. The van der Waals surface area contributed by atoms with Crippen LogP contribution < -0.4 is 68.1 Å². The van der Waals surface area contributed by atoms with Crippen LogP contribution in [0.5, 0.6) is 0 Å². The molecule has 144 heavy (non-hydrogen) atoms. The SMILES string of the molecule is CC[C@H]1O[C@@H](n2cc(C)c(=O)[nH]c2=O)C[C@H]1OP(O)(=S)OC[C@H]1O[C@@H](n2cc(C)c(N)nc2=O)C(OCCOC)[C@H]1OP(=O)(O)OC[C@H]1O[C@@H](n2cc(C)c(=O)[nH]c2=O)C(OCCOC)[C@H]1OP(=O)(O)OC[C@H]1O[C@@H](n2cnc3c(=O)[nH]c(N)nc32)C(OCCOC)[C@H]1OP(O)(=S)OC[C@H]1O[C@@H](n2cc(C)c(N)nc2=O)C(OCCOC)[C@H]1OP(O)(=S)OC[C@H]1O[C@@H](n2cc(C)c(N)nc2=O)C(OCCOC)[C@H]1O. The second kappa shape index (κ2) is 49.2. The molecule has 0 aromatic carbocycles. The fourth-order valence-corrected chi connectivity index (χ4v) is 22.5. The third kappa shape index (κ3) is 27.5. The van der Waals surface area contributed by atoms with Gasteiger partial charge in [-0.25, -0.2) is 38.1 Å². The zero-order valence-electron chi connectivity index (χ0n) is 78.8. The fourth-order valence-electron chi connectivity index (χ4n) is 16.2. The lowest BCUT2D eigenvalue weighted by Crippen LogP contribution is -2.42. The number of ether oxygens (including phenoxy) is 16. The summed E-state index contributed by atoms with van der Waals surface area (Å²) in [4.78, 5) is 196. The van der Waals surface area contributed by atoms with E-state index in [1.807, 2.05) is 0 Å². The monoisotopic (exact) mass is 2200 g/mol. The molecule has 6 aliphatic heterocycles. The summed E-state index contributed by atoms with van der Waals surface area (Å²) in [5.41, 5.74) is 17.1. The van der Waals surface area contributed by atoms with Crippen LogP contribution in [0.3, 0.4) is 0 Å². The number of aryl methyl sites for hydroxylation is 5. The number of hydrogen-bond donors (Lipinski definition) is 13. The number of nitrogens with one attached hydrogen (secondary N) is 3. The number of aromatic nitrogens is 14. The van der Waals surface area contributed by atoms with Crippen molar-refractivity contribution in [3.05, 3.63) is 149 Å². The predicted octanol–water partition coefficient (Wildman–Crippen LogP) is -2.57. The minimum absolute atomic E-state index is 0.0303. The number of methoxy groups -OCH3 is 5. The Kier molecular flexibility index (Phi) is 38.9. The van der Waals surface area contributed by atoms with Crippen molar-refractivity contribution in [2.45, 2.75) is 196 Å². The van der Waals surface area contributed by atoms with Gasteiger partial charge in [0.15, 0.2) is 42.3 Å². The molecule has 28 atom stereocenters. The van der Waals surface area contributed by atoms with E-state index in [0.29, 0.717) is 5.56 Å². The Balaban J connectivity index is 0.804. The molecule has 802 valence electrons. The topological polar surface area (TPSA) is 778 Å². The molecule has 0 bridgehead atoms. The van der Waals surface area contributed by atoms with Gasteiger partial charge in [0.1, 0.15) is 115 Å². The van der Waals surface area contributed by atoms with Crippen LogP contribution in [-0.2, 0) is 166 Å². The van der Waals surface area contributed by atoms with Gasteiger partial charge in [0.2, 0.25) is 5.95 Å². The Labute approximate surface area is 830 Å². The summed E-state index contributed by atoms with van der Waals surface area (Å²) in [6.45, 7) is -13.0. The highest BCUT2D eigenvalue weighted by atomic mass is 32.5. The maximum atomic E-state index is 15.4. The highest BCUT2D eigenvalue weighted by molar-refractivity contribution is 8.07. The number of nitrogens with zero attached hydrogens (tertiary/aromatic N) is 11. The minimum atomic E-state index is -5.98. The molecule has 68 heteroatoms. The molecule has 10 unspecified atom stereocenters. The number of nitrogens with two attached hydrogens (primary N) is 4. The number of aromatic amines is 3. The smallest absolute Gasteiger partial charge is 0.387 e. The number of nitrogen functional groups attached to an aromatic ring is 4. The second-order valence-electron chi connectivity index (χ2n) is 33.2. The lowest BCUT2D eigenvalue weighted by molar-refractivity contribution is -0.0849. The molecule has 13 rings (SSSR count). The fraction of sp³-hybridized carbons (Fsp3) is 0.671. The number of phosphoric ester groups is 2. The molecule has 13 heterocycles. The molecule has 0 saturated carbocycles. The van der Waals surface area contributed by atoms with Crippen molar-refractivity contribution in [3.63, 3.8) is 0 Å². The van der Waals surface area contributed by atoms with Gasteiger partial charge in [0, 0.05) is 101 Å². The van der Waals surface area contributed by atoms with Crippen LogP contribution in [0.2, 0.25) is 0 Å². The molecule has 6 fully saturated rings. The van der Waals surface area contributed by atoms with Crippen LogP contribution in [0.25, 0.3) is 11.2 Å². The molecular weight excluding hydrogens is 2090 g/mol. The average Bonchev–Trinajstić information content (AvgIpc) is 1.60. The van der Waals surface area contributed by atoms with Crippen molar-refractivity contribution in [3.8, 4) is 0 Å². The standard InChI is InChI=1S/C76H113N18O42P5S3/c1-12-40-41(23-47(126-40)89-27-38(5)63(96)87-75(89)102)132-139(108,142)124-32-45-51(56(118-20-15-113-9)67(129-45)91-25-36(3)60(78)83-73(91)100)134-137(104,105)121-30-43-50(55(117-19-14-112-8)68(128-43)93-28-39(6)64(97)88-76(93)103)133-138(106,107)122-31-44-52(58(120-22-17-115-11)70(131-44)94-34-81-48-62(94)85-71(80)86-65(48)98)135-141(110,144)125-33-46-53(57(119-21-16-114-10)69(130-46)92-26-37(4)61(79)84-74(92)101)136-140(109,143)123-29-42-49(95)54(116-18-13-111-7)66(127-42)90-24-35(2)59(77)82-72(90)99/h24-28,34,40-47,49-58,66-70,95H,12-23,29-33H2,1-11H3,(H,104,105)(H,106,107)(H,108,142)(H,109,143)(H,110,144)(H2,77,82,99)(H2,78,83,100)(H2,79,84,101)(H,87,96,102)(H,88,97,103)(H3,80,85,86,98)/t40-,41-,42-,43-,44-,45-,46-,47-,49+,50+,51+,52+,53+,54?,55?,56?,57?,58?,66-,67-,68-,69-,70-,139?,140?,141?/m1/s1. The van der Waals surface area contributed by atoms with E-state index in [1.165, 1.54) is 88.0 Å². The Morgan fingerprint density at radius 3 is 1.11 bits per heavy atom. The van der Waals surface area contributed by atoms with Gasteiger partial charge in [-0.05, 0) is 76.5 Å². The number of anilines is 4. The summed E-state index contributed by atoms with van der Waals surface area (Å²) in [6, 6.07) is 0. The summed E-state index contributed by atoms with van der Waals surface area (Å²) < 4.78 is 193. The first-order valence-corrected chi connectivity index (χ1v) is 54.8. The molecule has 0 radical (unpaired) electrons. The van der Waals surface area contributed by atoms with Gasteiger partial charge >= 0.3 is 64.2 Å². The molecule has 7 aromatic heterocycles. The highest BCUT2D eigenvalue weighted by Gasteiger charge is 2.59. The quantitative estimate of drug-likeness (QED) is 0.0138. The number of aliphatic hydroxyl groups is 1. The Morgan fingerprint density at radius 1 is 0.389 bits per heavy atom. The lowest BCUT2D eigenvalue weighted by atomic mass is 10.1. The minimum Gasteiger partial charge on any atom is -0.387 e. The molecule has 0 aliphatic carbocycles. The zero-order valence-corrected chi connectivity index (χ0v) is 85.8. The predicted molar refractivity (Wildman–Crippen MR) is 503 cm³/mol. The first-order chi connectivity index (χ1) is 68.2. The first-order valence-electron chi connectivity index (χ1n) is 44.1. The Bertz CT molecular complexity index is 6420. The number of H-pyrrole nitrogens is 3. The molecule has 0 amide bonds. The van der Waals surface area contributed by atoms with Crippen LogP contribution in [0.4, 0.5) is 23.4 Å². The van der Waals surface area contributed by atoms with Crippen LogP contribution >= 0.6 is 35.8 Å². The van der Waals surface area contributed by atoms with E-state index in [9.17, 15) is 67.9 Å². The highest BCUT2D eigenvalue weighted by Crippen LogP contribution is 2.58. The number of fused-ring (bicyclic) bond motifs is 1. The van der Waals surface area contributed by atoms with Crippen molar-refractivity contribution >= 4 is 106 Å². The molecule has 0 spiro atoms. The first kappa shape index (κ1) is 114. The van der Waals surface area contributed by atoms with E-state index in [-0.39, 0.29) is 123 Å². The van der Waals surface area contributed by atoms with E-state index >= 15 is 9.13 Å². The Hall–Kier alpha value is -7.32. The van der Waals surface area contributed by atoms with Crippen LogP contribution in [0.15, 0.2) is 75.7 Å². The molecule has 6 aliphatic rings.